The summed E-state index contributed by atoms with van der Waals surface area (Å²) in [5.74, 6) is 2.08. The SMILES string of the molecule is Cc1ccc(-c2cccc3[cH-]c(CC45CCC(CC4)C5)cc23)cc1.Cc1ccc(-c2cccc3[cH-]c(CC45CCC(CC4)C5)cc23)cc1.Cl.Cl.[CH2-]CC(F)(F)F.[CH3-].[Si]=[Zr]. The molecule has 4 bridgehead atoms. The topological polar surface area (TPSA) is 0 Å². The first-order chi connectivity index (χ1) is 27.0. The summed E-state index contributed by atoms with van der Waals surface area (Å²) in [5, 5.41) is 5.68. The molecule has 0 unspecified atom stereocenters. The Bertz CT molecular complexity index is 2070. The van der Waals surface area contributed by atoms with Crippen LogP contribution in [0.25, 0.3) is 43.8 Å². The Morgan fingerprint density at radius 2 is 0.966 bits per heavy atom. The fraction of sp³-hybridized carbons (Fsp3) is 0.385. The Kier molecular flexibility index (Phi) is 17.6. The van der Waals surface area contributed by atoms with Crippen LogP contribution in [0.15, 0.2) is 109 Å². The Morgan fingerprint density at radius 3 is 1.25 bits per heavy atom. The molecule has 6 aromatic carbocycles. The molecule has 0 saturated heterocycles. The van der Waals surface area contributed by atoms with Crippen LogP contribution in [0.2, 0.25) is 0 Å². The van der Waals surface area contributed by atoms with Gasteiger partial charge in [-0.2, -0.15) is 25.3 Å². The van der Waals surface area contributed by atoms with Gasteiger partial charge in [0.1, 0.15) is 0 Å². The molecule has 0 heterocycles. The van der Waals surface area contributed by atoms with Crippen LogP contribution in [-0.4, -0.2) is 13.1 Å². The van der Waals surface area contributed by atoms with E-state index in [1.807, 2.05) is 0 Å². The van der Waals surface area contributed by atoms with Gasteiger partial charge in [0, 0.05) is 0 Å². The average Bonchev–Trinajstić information content (AvgIpc) is 4.07. The average molecular weight is 931 g/mol. The van der Waals surface area contributed by atoms with Crippen LogP contribution in [0, 0.1) is 50.9 Å². The molecule has 4 saturated carbocycles. The van der Waals surface area contributed by atoms with Crippen molar-refractivity contribution < 1.29 is 36.5 Å². The summed E-state index contributed by atoms with van der Waals surface area (Å²) in [6, 6.07) is 41.3. The van der Waals surface area contributed by atoms with Gasteiger partial charge in [0.05, 0.1) is 0 Å². The number of alkyl halides is 3. The van der Waals surface area contributed by atoms with Crippen molar-refractivity contribution in [2.24, 2.45) is 22.7 Å². The Morgan fingerprint density at radius 1 is 0.627 bits per heavy atom. The number of rotatable bonds is 6. The van der Waals surface area contributed by atoms with Crippen molar-refractivity contribution in [3.8, 4) is 22.3 Å². The van der Waals surface area contributed by atoms with E-state index in [1.54, 1.807) is 11.1 Å². The Hall–Kier alpha value is -2.43. The number of benzene rings is 4. The summed E-state index contributed by atoms with van der Waals surface area (Å²) in [7, 11) is 0. The van der Waals surface area contributed by atoms with E-state index in [0.717, 1.165) is 11.8 Å². The molecule has 0 atom stereocenters. The molecule has 0 spiro atoms. The van der Waals surface area contributed by atoms with Gasteiger partial charge in [0.2, 0.25) is 0 Å². The molecule has 0 aliphatic heterocycles. The van der Waals surface area contributed by atoms with Crippen LogP contribution < -0.4 is 0 Å². The predicted octanol–water partition coefficient (Wildman–Crippen LogP) is 16.0. The van der Waals surface area contributed by atoms with Crippen LogP contribution in [0.5, 0.6) is 0 Å². The van der Waals surface area contributed by atoms with Gasteiger partial charge in [0.15, 0.2) is 0 Å². The first kappa shape index (κ1) is 49.2. The third kappa shape index (κ3) is 11.7. The standard InChI is InChI=1S/2C24H25.C3H4F3.CH3.2ClH.Si.Zr/c2*1-17-5-7-20(8-6-17)22-4-2-3-21-13-19(14-23(21)22)16-24-11-9-18(15-24)10-12-24;1-2-3(4,5)6;;;;;/h2*2-8,13-14,18H,9-12,15-16H2,1H3;1-2H2;1H3;2*1H;;/q4*-1;;;;. The molecule has 0 amide bonds. The van der Waals surface area contributed by atoms with Crippen LogP contribution in [0.3, 0.4) is 0 Å². The first-order valence-corrected chi connectivity index (χ1v) is 24.8. The maximum absolute atomic E-state index is 10.7. The third-order valence-corrected chi connectivity index (χ3v) is 13.6. The van der Waals surface area contributed by atoms with Gasteiger partial charge in [-0.15, -0.1) is 93.9 Å². The molecule has 7 heteroatoms. The summed E-state index contributed by atoms with van der Waals surface area (Å²) in [6.45, 7) is 10.0. The molecular formula is C52H59Cl2F3SiZr-4. The Labute approximate surface area is 381 Å². The summed E-state index contributed by atoms with van der Waals surface area (Å²) in [4.78, 5) is 0. The summed E-state index contributed by atoms with van der Waals surface area (Å²) < 4.78 is 32.2. The molecule has 4 fully saturated rings. The molecule has 10 rings (SSSR count). The van der Waals surface area contributed by atoms with Gasteiger partial charge in [-0.05, 0) is 125 Å². The second-order valence-electron chi connectivity index (χ2n) is 17.6. The molecular weight excluding hydrogens is 872 g/mol. The van der Waals surface area contributed by atoms with Gasteiger partial charge >= 0.3 is 36.4 Å². The summed E-state index contributed by atoms with van der Waals surface area (Å²) in [5.41, 5.74) is 12.5. The number of aryl methyl sites for hydroxylation is 2. The molecule has 4 aliphatic carbocycles. The van der Waals surface area contributed by atoms with E-state index >= 15 is 0 Å². The van der Waals surface area contributed by atoms with Crippen molar-refractivity contribution >= 4 is 53.2 Å². The number of halogens is 5. The van der Waals surface area contributed by atoms with E-state index in [2.05, 4.69) is 137 Å². The quantitative estimate of drug-likeness (QED) is 0.115. The van der Waals surface area contributed by atoms with Gasteiger partial charge in [-0.1, -0.05) is 89.3 Å². The zero-order valence-electron chi connectivity index (χ0n) is 34.9. The van der Waals surface area contributed by atoms with Crippen LogP contribution in [-0.2, 0) is 36.2 Å². The summed E-state index contributed by atoms with van der Waals surface area (Å²) >= 11 is 1.36. The van der Waals surface area contributed by atoms with Gasteiger partial charge < -0.3 is 14.4 Å². The second-order valence-corrected chi connectivity index (χ2v) is 17.6. The fourth-order valence-electron chi connectivity index (χ4n) is 10.8. The van der Waals surface area contributed by atoms with E-state index in [1.165, 1.54) is 155 Å². The van der Waals surface area contributed by atoms with Crippen molar-refractivity contribution in [2.45, 2.75) is 103 Å². The van der Waals surface area contributed by atoms with E-state index in [4.69, 9.17) is 0 Å². The van der Waals surface area contributed by atoms with Crippen molar-refractivity contribution in [1.29, 1.82) is 0 Å². The van der Waals surface area contributed by atoms with Crippen molar-refractivity contribution in [3.63, 3.8) is 0 Å². The van der Waals surface area contributed by atoms with Gasteiger partial charge in [-0.25, -0.2) is 0 Å². The summed E-state index contributed by atoms with van der Waals surface area (Å²) in [6.07, 6.45) is 12.3. The van der Waals surface area contributed by atoms with Gasteiger partial charge in [-0.3, -0.25) is 0 Å². The zero-order valence-corrected chi connectivity index (χ0v) is 40.0. The fourth-order valence-corrected chi connectivity index (χ4v) is 10.8. The Balaban J connectivity index is 0.000000212. The molecule has 4 aliphatic rings. The molecule has 0 nitrogen and oxygen atoms in total. The second kappa shape index (κ2) is 21.1. The van der Waals surface area contributed by atoms with Crippen molar-refractivity contribution in [2.75, 3.05) is 0 Å². The van der Waals surface area contributed by atoms with E-state index in [0.29, 0.717) is 10.8 Å². The van der Waals surface area contributed by atoms with Crippen LogP contribution in [0.1, 0.15) is 92.9 Å². The minimum absolute atomic E-state index is 0. The third-order valence-electron chi connectivity index (χ3n) is 13.6. The predicted molar refractivity (Wildman–Crippen MR) is 248 cm³/mol. The maximum atomic E-state index is 10.7. The normalized spacial score (nSPS) is 22.1. The molecule has 59 heavy (non-hydrogen) atoms. The number of hydrogen-bond acceptors (Lipinski definition) is 0. The van der Waals surface area contributed by atoms with Crippen molar-refractivity contribution in [3.05, 3.63) is 146 Å². The molecule has 0 N–H and O–H groups in total. The zero-order chi connectivity index (χ0) is 39.5. The van der Waals surface area contributed by atoms with E-state index < -0.39 is 12.6 Å². The van der Waals surface area contributed by atoms with Crippen molar-refractivity contribution in [1.82, 2.24) is 0 Å². The first-order valence-electron chi connectivity index (χ1n) is 20.6. The minimum atomic E-state index is -4.07. The van der Waals surface area contributed by atoms with E-state index in [-0.39, 0.29) is 32.2 Å². The molecule has 314 valence electrons. The molecule has 2 radical (unpaired) electrons. The van der Waals surface area contributed by atoms with Crippen LogP contribution in [0.4, 0.5) is 13.2 Å². The van der Waals surface area contributed by atoms with E-state index in [9.17, 15) is 13.2 Å². The monoisotopic (exact) mass is 928 g/mol. The molecule has 0 aromatic heterocycles. The van der Waals surface area contributed by atoms with Crippen LogP contribution >= 0.6 is 24.8 Å². The number of fused-ring (bicyclic) bond motifs is 6. The van der Waals surface area contributed by atoms with Gasteiger partial charge in [0.25, 0.3) is 0 Å². The molecule has 6 aromatic rings. The number of hydrogen-bond donors (Lipinski definition) is 0.